The summed E-state index contributed by atoms with van der Waals surface area (Å²) in [5.41, 5.74) is 1.41. The van der Waals surface area contributed by atoms with Gasteiger partial charge >= 0.3 is 0 Å². The van der Waals surface area contributed by atoms with Crippen molar-refractivity contribution < 1.29 is 8.42 Å². The maximum atomic E-state index is 11.5. The van der Waals surface area contributed by atoms with Crippen LogP contribution in [0.2, 0.25) is 0 Å². The van der Waals surface area contributed by atoms with Crippen LogP contribution in [0.4, 0.5) is 0 Å². The Morgan fingerprint density at radius 1 is 1.27 bits per heavy atom. The smallest absolute Gasteiger partial charge is 0.211 e. The monoisotopic (exact) mass is 380 g/mol. The van der Waals surface area contributed by atoms with Gasteiger partial charge in [0, 0.05) is 26.2 Å². The molecule has 1 fully saturated rings. The summed E-state index contributed by atoms with van der Waals surface area (Å²) < 4.78 is 25.6. The molecule has 1 heterocycles. The number of piperidine rings is 1. The second-order valence-electron chi connectivity index (χ2n) is 6.76. The number of guanidine groups is 1. The summed E-state index contributed by atoms with van der Waals surface area (Å²) in [6, 6.07) is 10.7. The van der Waals surface area contributed by atoms with E-state index in [0.717, 1.165) is 32.0 Å². The Hall–Kier alpha value is -1.60. The third kappa shape index (κ3) is 5.99. The molecule has 6 nitrogen and oxygen atoms in total. The van der Waals surface area contributed by atoms with Crippen LogP contribution in [0.5, 0.6) is 0 Å². The van der Waals surface area contributed by atoms with Crippen molar-refractivity contribution in [3.63, 3.8) is 0 Å². The zero-order chi connectivity index (χ0) is 19.0. The molecule has 2 rings (SSSR count). The highest BCUT2D eigenvalue weighted by Gasteiger charge is 2.28. The van der Waals surface area contributed by atoms with Gasteiger partial charge in [-0.15, -0.1) is 0 Å². The second kappa shape index (κ2) is 9.92. The van der Waals surface area contributed by atoms with Gasteiger partial charge in [-0.1, -0.05) is 37.3 Å². The van der Waals surface area contributed by atoms with Gasteiger partial charge in [-0.2, -0.15) is 0 Å². The number of nitrogens with zero attached hydrogens (tertiary/aromatic N) is 2. The van der Waals surface area contributed by atoms with Crippen molar-refractivity contribution >= 4 is 16.0 Å². The molecule has 0 bridgehead atoms. The number of benzene rings is 1. The summed E-state index contributed by atoms with van der Waals surface area (Å²) in [5.74, 6) is 2.09. The molecule has 0 radical (unpaired) electrons. The Bertz CT molecular complexity index is 676. The standard InChI is InChI=1S/C19H32N4O2S/c1-4-20-19(21-12-13-22-26(24,25)5-2)23-14-11-18(16(3)15-23)17-9-7-6-8-10-17/h6-10,16,18,22H,4-5,11-15H2,1-3H3,(H,20,21). The van der Waals surface area contributed by atoms with Gasteiger partial charge in [0.15, 0.2) is 5.96 Å². The molecule has 2 N–H and O–H groups in total. The fraction of sp³-hybridized carbons (Fsp3) is 0.632. The van der Waals surface area contributed by atoms with Gasteiger partial charge in [0.05, 0.1) is 12.3 Å². The molecular formula is C19H32N4O2S. The number of aliphatic imine (C=N–C) groups is 1. The molecule has 1 aliphatic rings. The third-order valence-corrected chi connectivity index (χ3v) is 6.25. The molecule has 0 amide bonds. The number of hydrogen-bond acceptors (Lipinski definition) is 3. The first-order valence-corrected chi connectivity index (χ1v) is 11.2. The van der Waals surface area contributed by atoms with Crippen LogP contribution in [-0.2, 0) is 10.0 Å². The lowest BCUT2D eigenvalue weighted by atomic mass is 9.82. The van der Waals surface area contributed by atoms with E-state index >= 15 is 0 Å². The van der Waals surface area contributed by atoms with Gasteiger partial charge in [-0.25, -0.2) is 13.1 Å². The molecule has 2 unspecified atom stereocenters. The lowest BCUT2D eigenvalue weighted by molar-refractivity contribution is 0.234. The second-order valence-corrected chi connectivity index (χ2v) is 8.86. The van der Waals surface area contributed by atoms with Crippen molar-refractivity contribution in [3.8, 4) is 0 Å². The summed E-state index contributed by atoms with van der Waals surface area (Å²) >= 11 is 0. The number of sulfonamides is 1. The quantitative estimate of drug-likeness (QED) is 0.431. The molecule has 1 aromatic rings. The number of likely N-dealkylation sites (tertiary alicyclic amines) is 1. The van der Waals surface area contributed by atoms with Gasteiger partial charge in [0.2, 0.25) is 10.0 Å². The summed E-state index contributed by atoms with van der Waals surface area (Å²) in [4.78, 5) is 6.90. The Morgan fingerprint density at radius 2 is 2.00 bits per heavy atom. The largest absolute Gasteiger partial charge is 0.357 e. The molecule has 0 aliphatic carbocycles. The van der Waals surface area contributed by atoms with Crippen molar-refractivity contribution in [1.82, 2.24) is 14.9 Å². The van der Waals surface area contributed by atoms with Crippen LogP contribution < -0.4 is 10.0 Å². The zero-order valence-corrected chi connectivity index (χ0v) is 16.9. The van der Waals surface area contributed by atoms with E-state index in [9.17, 15) is 8.42 Å². The maximum Gasteiger partial charge on any atom is 0.211 e. The third-order valence-electron chi connectivity index (χ3n) is 4.84. The van der Waals surface area contributed by atoms with Crippen molar-refractivity contribution in [2.45, 2.75) is 33.1 Å². The fourth-order valence-electron chi connectivity index (χ4n) is 3.42. The van der Waals surface area contributed by atoms with E-state index in [1.165, 1.54) is 5.56 Å². The van der Waals surface area contributed by atoms with Gasteiger partial charge < -0.3 is 10.2 Å². The highest BCUT2D eigenvalue weighted by atomic mass is 32.2. The van der Waals surface area contributed by atoms with Crippen LogP contribution in [-0.4, -0.2) is 57.8 Å². The number of nitrogens with one attached hydrogen (secondary N) is 2. The molecule has 0 aromatic heterocycles. The van der Waals surface area contributed by atoms with Gasteiger partial charge in [-0.05, 0) is 37.7 Å². The Morgan fingerprint density at radius 3 is 2.62 bits per heavy atom. The highest BCUT2D eigenvalue weighted by molar-refractivity contribution is 7.89. The first-order valence-electron chi connectivity index (χ1n) is 9.52. The summed E-state index contributed by atoms with van der Waals surface area (Å²) in [6.45, 7) is 9.46. The SMILES string of the molecule is CCNC(=NCCNS(=O)(=O)CC)N1CCC(c2ccccc2)C(C)C1. The lowest BCUT2D eigenvalue weighted by Crippen LogP contribution is -2.48. The summed E-state index contributed by atoms with van der Waals surface area (Å²) in [5, 5.41) is 3.34. The molecule has 146 valence electrons. The molecule has 0 saturated carbocycles. The van der Waals surface area contributed by atoms with E-state index in [1.54, 1.807) is 6.92 Å². The van der Waals surface area contributed by atoms with Crippen LogP contribution >= 0.6 is 0 Å². The van der Waals surface area contributed by atoms with Gasteiger partial charge in [0.1, 0.15) is 0 Å². The number of hydrogen-bond donors (Lipinski definition) is 2. The predicted molar refractivity (Wildman–Crippen MR) is 108 cm³/mol. The molecule has 26 heavy (non-hydrogen) atoms. The maximum absolute atomic E-state index is 11.5. The summed E-state index contributed by atoms with van der Waals surface area (Å²) in [7, 11) is -3.15. The van der Waals surface area contributed by atoms with E-state index in [0.29, 0.717) is 24.9 Å². The van der Waals surface area contributed by atoms with E-state index < -0.39 is 10.0 Å². The molecule has 7 heteroatoms. The minimum absolute atomic E-state index is 0.0985. The van der Waals surface area contributed by atoms with Crippen molar-refractivity contribution in [3.05, 3.63) is 35.9 Å². The van der Waals surface area contributed by atoms with E-state index in [1.807, 2.05) is 0 Å². The van der Waals surface area contributed by atoms with E-state index in [2.05, 4.69) is 64.1 Å². The van der Waals surface area contributed by atoms with Crippen molar-refractivity contribution in [2.24, 2.45) is 10.9 Å². The minimum Gasteiger partial charge on any atom is -0.357 e. The average Bonchev–Trinajstić information content (AvgIpc) is 2.65. The van der Waals surface area contributed by atoms with Crippen molar-refractivity contribution in [2.75, 3.05) is 38.5 Å². The lowest BCUT2D eigenvalue weighted by Gasteiger charge is -2.39. The highest BCUT2D eigenvalue weighted by Crippen LogP contribution is 2.32. The Labute approximate surface area is 158 Å². The number of rotatable bonds is 7. The Balaban J connectivity index is 1.95. The topological polar surface area (TPSA) is 73.8 Å². The van der Waals surface area contributed by atoms with Crippen LogP contribution in [0.15, 0.2) is 35.3 Å². The molecule has 2 atom stereocenters. The molecule has 1 saturated heterocycles. The molecule has 0 spiro atoms. The summed E-state index contributed by atoms with van der Waals surface area (Å²) in [6.07, 6.45) is 1.10. The predicted octanol–water partition coefficient (Wildman–Crippen LogP) is 2.02. The van der Waals surface area contributed by atoms with Crippen LogP contribution in [0.3, 0.4) is 0 Å². The van der Waals surface area contributed by atoms with Crippen LogP contribution in [0.1, 0.15) is 38.7 Å². The van der Waals surface area contributed by atoms with E-state index in [-0.39, 0.29) is 5.75 Å². The van der Waals surface area contributed by atoms with Crippen LogP contribution in [0, 0.1) is 5.92 Å². The van der Waals surface area contributed by atoms with E-state index in [4.69, 9.17) is 0 Å². The Kier molecular flexibility index (Phi) is 7.90. The first kappa shape index (κ1) is 20.7. The normalized spacial score (nSPS) is 21.7. The van der Waals surface area contributed by atoms with Gasteiger partial charge in [0.25, 0.3) is 0 Å². The van der Waals surface area contributed by atoms with Gasteiger partial charge in [-0.3, -0.25) is 4.99 Å². The minimum atomic E-state index is -3.15. The average molecular weight is 381 g/mol. The van der Waals surface area contributed by atoms with Crippen molar-refractivity contribution in [1.29, 1.82) is 0 Å². The molecular weight excluding hydrogens is 348 g/mol. The molecule has 1 aliphatic heterocycles. The van der Waals surface area contributed by atoms with Crippen LogP contribution in [0.25, 0.3) is 0 Å². The fourth-order valence-corrected chi connectivity index (χ4v) is 4.03. The molecule has 1 aromatic carbocycles. The first-order chi connectivity index (χ1) is 12.5. The zero-order valence-electron chi connectivity index (χ0n) is 16.1.